The molecule has 0 aromatic heterocycles. The van der Waals surface area contributed by atoms with Crippen molar-refractivity contribution in [3.05, 3.63) is 79.3 Å². The highest BCUT2D eigenvalue weighted by Gasteiger charge is 2.42. The second-order valence-electron chi connectivity index (χ2n) is 9.56. The van der Waals surface area contributed by atoms with Gasteiger partial charge in [-0.05, 0) is 49.6 Å². The molecule has 0 fully saturated rings. The van der Waals surface area contributed by atoms with Gasteiger partial charge in [-0.1, -0.05) is 11.6 Å². The molecule has 1 heterocycles. The van der Waals surface area contributed by atoms with Crippen LogP contribution in [0.15, 0.2) is 53.0 Å². The summed E-state index contributed by atoms with van der Waals surface area (Å²) in [6, 6.07) is 4.90. The van der Waals surface area contributed by atoms with Gasteiger partial charge in [-0.15, -0.1) is 0 Å². The maximum Gasteiger partial charge on any atom is 0.416 e. The Morgan fingerprint density at radius 3 is 2.17 bits per heavy atom. The Morgan fingerprint density at radius 2 is 1.62 bits per heavy atom. The van der Waals surface area contributed by atoms with E-state index in [1.54, 1.807) is 6.92 Å². The van der Waals surface area contributed by atoms with Crippen molar-refractivity contribution in [2.75, 3.05) is 6.61 Å². The number of rotatable bonds is 6. The number of benzene rings is 2. The molecule has 3 aliphatic rings. The first kappa shape index (κ1) is 27.7. The Morgan fingerprint density at radius 1 is 1.00 bits per heavy atom. The summed E-state index contributed by atoms with van der Waals surface area (Å²) in [5.41, 5.74) is -0.861. The van der Waals surface area contributed by atoms with Crippen LogP contribution >= 0.6 is 11.6 Å². The fraction of sp³-hybridized carbons (Fsp3) is 0.357. The first-order valence-electron chi connectivity index (χ1n) is 12.7. The lowest BCUT2D eigenvalue weighted by Crippen LogP contribution is -2.30. The van der Waals surface area contributed by atoms with E-state index in [1.807, 2.05) is 0 Å². The molecule has 1 aliphatic heterocycles. The first-order chi connectivity index (χ1) is 19.0. The van der Waals surface area contributed by atoms with Crippen molar-refractivity contribution in [3.8, 4) is 17.2 Å². The Balaban J connectivity index is 1.63. The highest BCUT2D eigenvalue weighted by Crippen LogP contribution is 2.51. The summed E-state index contributed by atoms with van der Waals surface area (Å²) in [6.45, 7) is 1.80. The van der Waals surface area contributed by atoms with E-state index in [0.717, 1.165) is 6.07 Å². The molecule has 0 saturated carbocycles. The standard InChI is InChI=1S/C28H23ClF3NO7/c1-2-38-23-12-14(24-25-18(34)5-3-7-21(25)39-22-8-4-6-19(35)26(22)24)11-16(29)27(23)40-20-10-9-15(28(30,31)32)13-17(20)33(36)37/h9-13,24H,2-8H2,1H3. The van der Waals surface area contributed by atoms with Crippen molar-refractivity contribution < 1.29 is 41.9 Å². The van der Waals surface area contributed by atoms with Gasteiger partial charge in [-0.2, -0.15) is 13.2 Å². The van der Waals surface area contributed by atoms with Gasteiger partial charge >= 0.3 is 11.9 Å². The van der Waals surface area contributed by atoms with Crippen molar-refractivity contribution in [3.63, 3.8) is 0 Å². The SMILES string of the molecule is CCOc1cc(C2C3=C(CCCC3=O)OC3=C2C(=O)CCC3)cc(Cl)c1Oc1ccc(C(F)(F)F)cc1[N+](=O)[O-]. The minimum atomic E-state index is -4.79. The molecular weight excluding hydrogens is 555 g/mol. The van der Waals surface area contributed by atoms with Gasteiger partial charge in [0, 0.05) is 48.8 Å². The van der Waals surface area contributed by atoms with Crippen LogP contribution in [0.1, 0.15) is 62.5 Å². The Labute approximate surface area is 231 Å². The average molecular weight is 578 g/mol. The third-order valence-corrected chi connectivity index (χ3v) is 7.28. The Hall–Kier alpha value is -3.86. The normalized spacial score (nSPS) is 17.8. The van der Waals surface area contributed by atoms with E-state index < -0.39 is 34.0 Å². The average Bonchev–Trinajstić information content (AvgIpc) is 2.89. The second-order valence-corrected chi connectivity index (χ2v) is 9.97. The van der Waals surface area contributed by atoms with E-state index in [-0.39, 0.29) is 34.7 Å². The van der Waals surface area contributed by atoms with Gasteiger partial charge in [-0.3, -0.25) is 19.7 Å². The quantitative estimate of drug-likeness (QED) is 0.257. The maximum atomic E-state index is 13.2. The molecule has 2 aromatic rings. The number of ether oxygens (including phenoxy) is 3. The molecule has 210 valence electrons. The number of alkyl halides is 3. The molecule has 2 aliphatic carbocycles. The van der Waals surface area contributed by atoms with Gasteiger partial charge in [0.15, 0.2) is 23.1 Å². The molecule has 0 N–H and O–H groups in total. The topological polar surface area (TPSA) is 105 Å². The van der Waals surface area contributed by atoms with Crippen molar-refractivity contribution in [2.24, 2.45) is 0 Å². The van der Waals surface area contributed by atoms with Crippen LogP contribution in [0.25, 0.3) is 0 Å². The molecule has 8 nitrogen and oxygen atoms in total. The number of nitrogens with zero attached hydrogens (tertiary/aromatic N) is 1. The first-order valence-corrected chi connectivity index (χ1v) is 13.1. The number of allylic oxidation sites excluding steroid dienone is 4. The van der Waals surface area contributed by atoms with Gasteiger partial charge in [0.05, 0.1) is 22.1 Å². The second kappa shape index (κ2) is 10.6. The van der Waals surface area contributed by atoms with Gasteiger partial charge in [0.1, 0.15) is 11.5 Å². The zero-order chi connectivity index (χ0) is 28.8. The molecule has 0 bridgehead atoms. The van der Waals surface area contributed by atoms with Crippen LogP contribution in [0.3, 0.4) is 0 Å². The summed E-state index contributed by atoms with van der Waals surface area (Å²) in [5, 5.41) is 11.5. The maximum absolute atomic E-state index is 13.2. The number of carbonyl (C=O) groups excluding carboxylic acids is 2. The summed E-state index contributed by atoms with van der Waals surface area (Å²) in [4.78, 5) is 36.8. The summed E-state index contributed by atoms with van der Waals surface area (Å²) in [6.07, 6.45) is -1.83. The molecule has 5 rings (SSSR count). The molecule has 0 amide bonds. The van der Waals surface area contributed by atoms with Crippen LogP contribution in [-0.2, 0) is 20.5 Å². The predicted molar refractivity (Wildman–Crippen MR) is 136 cm³/mol. The summed E-state index contributed by atoms with van der Waals surface area (Å²) in [5.74, 6) is -0.534. The third-order valence-electron chi connectivity index (χ3n) is 7.00. The van der Waals surface area contributed by atoms with Crippen LogP contribution in [0.2, 0.25) is 5.02 Å². The highest BCUT2D eigenvalue weighted by molar-refractivity contribution is 6.32. The number of carbonyl (C=O) groups is 2. The fourth-order valence-corrected chi connectivity index (χ4v) is 5.56. The van der Waals surface area contributed by atoms with Crippen molar-refractivity contribution in [1.29, 1.82) is 0 Å². The van der Waals surface area contributed by atoms with Crippen LogP contribution in [0.5, 0.6) is 17.2 Å². The number of ketones is 2. The molecule has 0 unspecified atom stereocenters. The number of nitro groups is 1. The number of hydrogen-bond donors (Lipinski definition) is 0. The van der Waals surface area contributed by atoms with Gasteiger partial charge in [0.2, 0.25) is 5.75 Å². The monoisotopic (exact) mass is 577 g/mol. The zero-order valence-corrected chi connectivity index (χ0v) is 22.0. The van der Waals surface area contributed by atoms with Crippen molar-refractivity contribution in [1.82, 2.24) is 0 Å². The fourth-order valence-electron chi connectivity index (χ4n) is 5.30. The molecule has 2 aromatic carbocycles. The minimum Gasteiger partial charge on any atom is -0.490 e. The molecule has 0 saturated heterocycles. The Kier molecular flexibility index (Phi) is 7.34. The molecule has 0 atom stereocenters. The zero-order valence-electron chi connectivity index (χ0n) is 21.2. The Bertz CT molecular complexity index is 1450. The lowest BCUT2D eigenvalue weighted by atomic mass is 9.73. The van der Waals surface area contributed by atoms with E-state index in [4.69, 9.17) is 25.8 Å². The van der Waals surface area contributed by atoms with E-state index >= 15 is 0 Å². The van der Waals surface area contributed by atoms with Crippen molar-refractivity contribution in [2.45, 2.75) is 57.5 Å². The van der Waals surface area contributed by atoms with E-state index in [0.29, 0.717) is 78.9 Å². The number of hydrogen-bond acceptors (Lipinski definition) is 7. The third kappa shape index (κ3) is 5.05. The lowest BCUT2D eigenvalue weighted by molar-refractivity contribution is -0.385. The lowest BCUT2D eigenvalue weighted by Gasteiger charge is -2.36. The van der Waals surface area contributed by atoms with Crippen LogP contribution in [0, 0.1) is 10.1 Å². The molecule has 0 spiro atoms. The van der Waals surface area contributed by atoms with Gasteiger partial charge in [-0.25, -0.2) is 0 Å². The van der Waals surface area contributed by atoms with Gasteiger partial charge < -0.3 is 14.2 Å². The molecular formula is C28H23ClF3NO7. The van der Waals surface area contributed by atoms with Gasteiger partial charge in [0.25, 0.3) is 0 Å². The van der Waals surface area contributed by atoms with E-state index in [9.17, 15) is 32.9 Å². The molecule has 40 heavy (non-hydrogen) atoms. The summed E-state index contributed by atoms with van der Waals surface area (Å²) in [7, 11) is 0. The number of nitro benzene ring substituents is 1. The van der Waals surface area contributed by atoms with Crippen LogP contribution in [-0.4, -0.2) is 23.1 Å². The van der Waals surface area contributed by atoms with Crippen molar-refractivity contribution >= 4 is 28.9 Å². The largest absolute Gasteiger partial charge is 0.490 e. The van der Waals surface area contributed by atoms with E-state index in [2.05, 4.69) is 0 Å². The number of halogens is 4. The molecule has 0 radical (unpaired) electrons. The smallest absolute Gasteiger partial charge is 0.416 e. The van der Waals surface area contributed by atoms with E-state index in [1.165, 1.54) is 12.1 Å². The number of Topliss-reactive ketones (excluding diaryl/α,β-unsaturated/α-hetero) is 2. The molecule has 12 heteroatoms. The summed E-state index contributed by atoms with van der Waals surface area (Å²) < 4.78 is 57.0. The predicted octanol–water partition coefficient (Wildman–Crippen LogP) is 7.59. The van der Waals surface area contributed by atoms with Crippen LogP contribution < -0.4 is 9.47 Å². The summed E-state index contributed by atoms with van der Waals surface area (Å²) >= 11 is 6.61. The van der Waals surface area contributed by atoms with Crippen LogP contribution in [0.4, 0.5) is 18.9 Å². The highest BCUT2D eigenvalue weighted by atomic mass is 35.5. The minimum absolute atomic E-state index is 0.0431.